The molecule has 0 aliphatic heterocycles. The Morgan fingerprint density at radius 2 is 2.35 bits per heavy atom. The van der Waals surface area contributed by atoms with Gasteiger partial charge in [0.05, 0.1) is 17.4 Å². The number of halogens is 1. The first-order valence-corrected chi connectivity index (χ1v) is 5.14. The Hall–Kier alpha value is -2.17. The van der Waals surface area contributed by atoms with Crippen LogP contribution >= 0.6 is 0 Å². The summed E-state index contributed by atoms with van der Waals surface area (Å²) in [6.45, 7) is 5.85. The van der Waals surface area contributed by atoms with Gasteiger partial charge in [0, 0.05) is 0 Å². The van der Waals surface area contributed by atoms with Crippen molar-refractivity contribution in [3.05, 3.63) is 46.6 Å². The highest BCUT2D eigenvalue weighted by Crippen LogP contribution is 2.22. The zero-order valence-electron chi connectivity index (χ0n) is 9.29. The first kappa shape index (κ1) is 11.3. The maximum Gasteiger partial charge on any atom is 0.272 e. The molecule has 1 aromatic heterocycles. The summed E-state index contributed by atoms with van der Waals surface area (Å²) in [6.07, 6.45) is 0. The van der Waals surface area contributed by atoms with Gasteiger partial charge in [0.25, 0.3) is 5.56 Å². The van der Waals surface area contributed by atoms with Crippen LogP contribution in [0, 0.1) is 5.82 Å². The van der Waals surface area contributed by atoms with Crippen LogP contribution in [0.25, 0.3) is 16.5 Å². The Labute approximate surface area is 96.7 Å². The summed E-state index contributed by atoms with van der Waals surface area (Å²) in [4.78, 5) is 11.5. The van der Waals surface area contributed by atoms with Crippen molar-refractivity contribution in [3.63, 3.8) is 0 Å². The fraction of sp³-hybridized carbons (Fsp3) is 0.167. The Morgan fingerprint density at radius 1 is 1.59 bits per heavy atom. The second-order valence-electron chi connectivity index (χ2n) is 3.42. The maximum absolute atomic E-state index is 13.7. The van der Waals surface area contributed by atoms with E-state index in [9.17, 15) is 9.18 Å². The molecule has 0 saturated carbocycles. The summed E-state index contributed by atoms with van der Waals surface area (Å²) in [7, 11) is 0. The van der Waals surface area contributed by atoms with Gasteiger partial charge in [0.1, 0.15) is 17.3 Å². The van der Waals surface area contributed by atoms with Crippen LogP contribution in [0.15, 0.2) is 29.6 Å². The van der Waals surface area contributed by atoms with Gasteiger partial charge in [-0.3, -0.25) is 4.79 Å². The van der Waals surface area contributed by atoms with Crippen LogP contribution in [0.4, 0.5) is 4.39 Å². The molecule has 0 fully saturated rings. The predicted molar refractivity (Wildman–Crippen MR) is 63.0 cm³/mol. The lowest BCUT2D eigenvalue weighted by atomic mass is 10.1. The molecule has 88 valence electrons. The van der Waals surface area contributed by atoms with Crippen LogP contribution in [0.1, 0.15) is 12.6 Å². The summed E-state index contributed by atoms with van der Waals surface area (Å²) in [5.41, 5.74) is -0.216. The van der Waals surface area contributed by atoms with E-state index in [1.54, 1.807) is 6.92 Å². The number of H-pyrrole nitrogens is 1. The molecule has 2 rings (SSSR count). The van der Waals surface area contributed by atoms with E-state index in [4.69, 9.17) is 4.74 Å². The van der Waals surface area contributed by atoms with E-state index in [1.807, 2.05) is 0 Å². The van der Waals surface area contributed by atoms with Crippen molar-refractivity contribution >= 4 is 16.5 Å². The molecule has 17 heavy (non-hydrogen) atoms. The van der Waals surface area contributed by atoms with E-state index >= 15 is 0 Å². The summed E-state index contributed by atoms with van der Waals surface area (Å²) in [6, 6.07) is 4.27. The average Bonchev–Trinajstić information content (AvgIpc) is 2.31. The number of fused-ring (bicyclic) bond motifs is 1. The Morgan fingerprint density at radius 3 is 3.06 bits per heavy atom. The predicted octanol–water partition coefficient (Wildman–Crippen LogP) is 2.07. The van der Waals surface area contributed by atoms with Crippen molar-refractivity contribution in [2.75, 3.05) is 6.61 Å². The second-order valence-corrected chi connectivity index (χ2v) is 3.42. The molecule has 0 aliphatic rings. The normalized spacial score (nSPS) is 10.5. The molecule has 0 spiro atoms. The number of hydrogen-bond acceptors (Lipinski definition) is 3. The third-order valence-electron chi connectivity index (χ3n) is 2.35. The third kappa shape index (κ3) is 1.91. The van der Waals surface area contributed by atoms with E-state index < -0.39 is 11.4 Å². The lowest BCUT2D eigenvalue weighted by molar-refractivity contribution is 0.297. The van der Waals surface area contributed by atoms with Gasteiger partial charge in [-0.1, -0.05) is 12.6 Å². The van der Waals surface area contributed by atoms with Crippen LogP contribution in [0.2, 0.25) is 0 Å². The molecule has 0 atom stereocenters. The Kier molecular flexibility index (Phi) is 2.91. The molecule has 0 aliphatic carbocycles. The molecule has 0 radical (unpaired) electrons. The van der Waals surface area contributed by atoms with Crippen molar-refractivity contribution in [3.8, 4) is 0 Å². The monoisotopic (exact) mass is 234 g/mol. The second kappa shape index (κ2) is 4.37. The highest BCUT2D eigenvalue weighted by Gasteiger charge is 2.13. The highest BCUT2D eigenvalue weighted by molar-refractivity contribution is 5.90. The number of ether oxygens (including phenoxy) is 1. The van der Waals surface area contributed by atoms with Crippen molar-refractivity contribution in [1.82, 2.24) is 10.2 Å². The summed E-state index contributed by atoms with van der Waals surface area (Å²) < 4.78 is 18.9. The molecule has 5 heteroatoms. The molecule has 1 heterocycles. The quantitative estimate of drug-likeness (QED) is 0.827. The third-order valence-corrected chi connectivity index (χ3v) is 2.35. The zero-order valence-corrected chi connectivity index (χ0v) is 9.29. The van der Waals surface area contributed by atoms with Gasteiger partial charge in [-0.05, 0) is 19.1 Å². The van der Waals surface area contributed by atoms with Crippen molar-refractivity contribution in [2.24, 2.45) is 0 Å². The van der Waals surface area contributed by atoms with Gasteiger partial charge in [0.2, 0.25) is 0 Å². The summed E-state index contributed by atoms with van der Waals surface area (Å²) in [5, 5.41) is 6.45. The number of rotatable bonds is 3. The lowest BCUT2D eigenvalue weighted by Crippen LogP contribution is -2.12. The lowest BCUT2D eigenvalue weighted by Gasteiger charge is -2.08. The van der Waals surface area contributed by atoms with Gasteiger partial charge in [-0.15, -0.1) is 0 Å². The first-order valence-electron chi connectivity index (χ1n) is 5.14. The topological polar surface area (TPSA) is 55.0 Å². The van der Waals surface area contributed by atoms with Gasteiger partial charge < -0.3 is 4.74 Å². The highest BCUT2D eigenvalue weighted by atomic mass is 19.1. The Bertz CT molecular complexity index is 634. The molecule has 1 aromatic carbocycles. The molecule has 0 amide bonds. The number of benzene rings is 1. The summed E-state index contributed by atoms with van der Waals surface area (Å²) in [5.74, 6) is -0.282. The molecule has 0 bridgehead atoms. The maximum atomic E-state index is 13.7. The molecular formula is C12H11FN2O2. The minimum Gasteiger partial charge on any atom is -0.492 e. The van der Waals surface area contributed by atoms with Crippen molar-refractivity contribution in [1.29, 1.82) is 0 Å². The fourth-order valence-electron chi connectivity index (χ4n) is 1.62. The van der Waals surface area contributed by atoms with E-state index in [0.29, 0.717) is 6.61 Å². The largest absolute Gasteiger partial charge is 0.492 e. The zero-order chi connectivity index (χ0) is 12.4. The van der Waals surface area contributed by atoms with E-state index in [1.165, 1.54) is 18.2 Å². The van der Waals surface area contributed by atoms with E-state index in [0.717, 1.165) is 0 Å². The average molecular weight is 234 g/mol. The molecule has 4 nitrogen and oxygen atoms in total. The summed E-state index contributed by atoms with van der Waals surface area (Å²) >= 11 is 0. The van der Waals surface area contributed by atoms with Gasteiger partial charge in [0.15, 0.2) is 0 Å². The van der Waals surface area contributed by atoms with Gasteiger partial charge in [-0.2, -0.15) is 5.10 Å². The van der Waals surface area contributed by atoms with Crippen LogP contribution in [-0.2, 0) is 4.74 Å². The fourth-order valence-corrected chi connectivity index (χ4v) is 1.62. The molecule has 1 N–H and O–H groups in total. The van der Waals surface area contributed by atoms with Crippen LogP contribution < -0.4 is 5.56 Å². The standard InChI is InChI=1S/C12H11FN2O2/c1-3-17-7(2)11-10-8(12(16)15-14-11)5-4-6-9(10)13/h4-6H,2-3H2,1H3,(H,15,16). The molecular weight excluding hydrogens is 223 g/mol. The molecule has 0 unspecified atom stereocenters. The van der Waals surface area contributed by atoms with Crippen LogP contribution in [0.3, 0.4) is 0 Å². The Balaban J connectivity index is 2.77. The van der Waals surface area contributed by atoms with Crippen LogP contribution in [0.5, 0.6) is 0 Å². The van der Waals surface area contributed by atoms with Crippen molar-refractivity contribution in [2.45, 2.75) is 6.92 Å². The van der Waals surface area contributed by atoms with E-state index in [2.05, 4.69) is 16.8 Å². The van der Waals surface area contributed by atoms with Gasteiger partial charge in [-0.25, -0.2) is 9.49 Å². The number of hydrogen-bond donors (Lipinski definition) is 1. The number of aromatic amines is 1. The molecule has 0 saturated heterocycles. The molecule has 2 aromatic rings. The number of nitrogens with zero attached hydrogens (tertiary/aromatic N) is 1. The van der Waals surface area contributed by atoms with E-state index in [-0.39, 0.29) is 22.2 Å². The van der Waals surface area contributed by atoms with Crippen molar-refractivity contribution < 1.29 is 9.13 Å². The minimum atomic E-state index is -0.517. The van der Waals surface area contributed by atoms with Crippen LogP contribution in [-0.4, -0.2) is 16.8 Å². The number of nitrogens with one attached hydrogen (secondary N) is 1. The van der Waals surface area contributed by atoms with Gasteiger partial charge >= 0.3 is 0 Å². The first-order chi connectivity index (χ1) is 8.15. The smallest absolute Gasteiger partial charge is 0.272 e. The minimum absolute atomic E-state index is 0.134. The number of aromatic nitrogens is 2. The SMILES string of the molecule is C=C(OCC)c1n[nH]c(=O)c2cccc(F)c12.